The van der Waals surface area contributed by atoms with Crippen LogP contribution in [0.3, 0.4) is 0 Å². The average Bonchev–Trinajstić information content (AvgIpc) is 2.34. The van der Waals surface area contributed by atoms with Crippen LogP contribution in [-0.4, -0.2) is 47.7 Å². The number of aliphatic carboxylic acids is 1. The van der Waals surface area contributed by atoms with Gasteiger partial charge in [-0.05, 0) is 26.2 Å². The Labute approximate surface area is 108 Å². The minimum absolute atomic E-state index is 0.0661. The third-order valence-electron chi connectivity index (χ3n) is 3.49. The number of carboxylic acid groups (broad SMARTS) is 1. The maximum Gasteiger partial charge on any atom is 0.308 e. The molecule has 1 aliphatic rings. The van der Waals surface area contributed by atoms with Crippen molar-refractivity contribution in [3.05, 3.63) is 0 Å². The zero-order chi connectivity index (χ0) is 13.5. The number of carboxylic acids is 1. The van der Waals surface area contributed by atoms with Gasteiger partial charge in [-0.2, -0.15) is 0 Å². The van der Waals surface area contributed by atoms with E-state index in [2.05, 4.69) is 6.92 Å². The summed E-state index contributed by atoms with van der Waals surface area (Å²) in [6.45, 7) is 5.17. The summed E-state index contributed by atoms with van der Waals surface area (Å²) in [5.41, 5.74) is 0. The highest BCUT2D eigenvalue weighted by Crippen LogP contribution is 2.23. The summed E-state index contributed by atoms with van der Waals surface area (Å²) in [7, 11) is 0. The Morgan fingerprint density at radius 1 is 1.44 bits per heavy atom. The van der Waals surface area contributed by atoms with E-state index < -0.39 is 11.9 Å². The Kier molecular flexibility index (Phi) is 6.12. The summed E-state index contributed by atoms with van der Waals surface area (Å²) in [4.78, 5) is 24.7. The van der Waals surface area contributed by atoms with Gasteiger partial charge in [0.1, 0.15) is 6.61 Å². The molecule has 1 fully saturated rings. The number of hydrogen-bond donors (Lipinski definition) is 1. The fourth-order valence-corrected chi connectivity index (χ4v) is 2.31. The van der Waals surface area contributed by atoms with Crippen LogP contribution in [0.5, 0.6) is 0 Å². The molecule has 104 valence electrons. The topological polar surface area (TPSA) is 66.8 Å². The van der Waals surface area contributed by atoms with Gasteiger partial charge >= 0.3 is 5.97 Å². The van der Waals surface area contributed by atoms with E-state index >= 15 is 0 Å². The van der Waals surface area contributed by atoms with Gasteiger partial charge in [0.05, 0.1) is 5.92 Å². The molecule has 1 rings (SSSR count). The van der Waals surface area contributed by atoms with Crippen LogP contribution in [0, 0.1) is 5.92 Å². The lowest BCUT2D eigenvalue weighted by Gasteiger charge is -2.37. The molecule has 18 heavy (non-hydrogen) atoms. The molecule has 0 aromatic heterocycles. The molecule has 0 saturated carbocycles. The van der Waals surface area contributed by atoms with Gasteiger partial charge in [-0.15, -0.1) is 0 Å². The quantitative estimate of drug-likeness (QED) is 0.732. The van der Waals surface area contributed by atoms with Crippen molar-refractivity contribution in [2.45, 2.75) is 45.6 Å². The SMILES string of the molecule is CCCCOCC(=O)N1CCC[C@H](C(=O)O)[C@@H]1C. The van der Waals surface area contributed by atoms with Crippen LogP contribution in [0.1, 0.15) is 39.5 Å². The van der Waals surface area contributed by atoms with Crippen molar-refractivity contribution in [3.63, 3.8) is 0 Å². The van der Waals surface area contributed by atoms with Crippen molar-refractivity contribution in [1.29, 1.82) is 0 Å². The smallest absolute Gasteiger partial charge is 0.308 e. The van der Waals surface area contributed by atoms with Gasteiger partial charge in [0.15, 0.2) is 0 Å². The number of nitrogens with zero attached hydrogens (tertiary/aromatic N) is 1. The minimum atomic E-state index is -0.813. The predicted octanol–water partition coefficient (Wildman–Crippen LogP) is 1.51. The molecule has 5 nitrogen and oxygen atoms in total. The summed E-state index contributed by atoms with van der Waals surface area (Å²) in [5.74, 6) is -1.35. The number of unbranched alkanes of at least 4 members (excludes halogenated alkanes) is 1. The van der Waals surface area contributed by atoms with Crippen LogP contribution in [-0.2, 0) is 14.3 Å². The molecule has 0 aromatic rings. The monoisotopic (exact) mass is 257 g/mol. The molecule has 2 atom stereocenters. The van der Waals surface area contributed by atoms with Crippen molar-refractivity contribution >= 4 is 11.9 Å². The molecule has 1 aliphatic heterocycles. The second-order valence-electron chi connectivity index (χ2n) is 4.82. The molecule has 0 spiro atoms. The second-order valence-corrected chi connectivity index (χ2v) is 4.82. The number of carbonyl (C=O) groups is 2. The number of hydrogen-bond acceptors (Lipinski definition) is 3. The van der Waals surface area contributed by atoms with Crippen molar-refractivity contribution in [3.8, 4) is 0 Å². The Morgan fingerprint density at radius 3 is 2.78 bits per heavy atom. The first-order chi connectivity index (χ1) is 8.57. The Hall–Kier alpha value is -1.10. The average molecular weight is 257 g/mol. The Morgan fingerprint density at radius 2 is 2.17 bits per heavy atom. The lowest BCUT2D eigenvalue weighted by atomic mass is 9.90. The summed E-state index contributed by atoms with van der Waals surface area (Å²) in [6, 6.07) is -0.237. The summed E-state index contributed by atoms with van der Waals surface area (Å²) in [5, 5.41) is 9.09. The summed E-state index contributed by atoms with van der Waals surface area (Å²) < 4.78 is 5.29. The molecular weight excluding hydrogens is 234 g/mol. The maximum absolute atomic E-state index is 11.9. The highest BCUT2D eigenvalue weighted by Gasteiger charge is 2.35. The Balaban J connectivity index is 2.43. The lowest BCUT2D eigenvalue weighted by molar-refractivity contribution is -0.150. The number of carbonyl (C=O) groups excluding carboxylic acids is 1. The van der Waals surface area contributed by atoms with E-state index in [-0.39, 0.29) is 18.6 Å². The molecule has 1 heterocycles. The van der Waals surface area contributed by atoms with E-state index in [4.69, 9.17) is 9.84 Å². The molecule has 0 aliphatic carbocycles. The van der Waals surface area contributed by atoms with Crippen LogP contribution in [0.2, 0.25) is 0 Å². The summed E-state index contributed by atoms with van der Waals surface area (Å²) in [6.07, 6.45) is 3.38. The largest absolute Gasteiger partial charge is 0.481 e. The van der Waals surface area contributed by atoms with Gasteiger partial charge in [-0.3, -0.25) is 9.59 Å². The molecule has 1 saturated heterocycles. The van der Waals surface area contributed by atoms with Gasteiger partial charge < -0.3 is 14.7 Å². The van der Waals surface area contributed by atoms with E-state index in [1.54, 1.807) is 4.90 Å². The van der Waals surface area contributed by atoms with E-state index in [0.717, 1.165) is 19.3 Å². The fraction of sp³-hybridized carbons (Fsp3) is 0.846. The molecule has 0 radical (unpaired) electrons. The standard InChI is InChI=1S/C13H23NO4/c1-3-4-8-18-9-12(15)14-7-5-6-11(10(14)2)13(16)17/h10-11H,3-9H2,1-2H3,(H,16,17)/t10-,11-/m0/s1. The minimum Gasteiger partial charge on any atom is -0.481 e. The zero-order valence-electron chi connectivity index (χ0n) is 11.2. The summed E-state index contributed by atoms with van der Waals surface area (Å²) >= 11 is 0. The van der Waals surface area contributed by atoms with Crippen molar-refractivity contribution in [2.75, 3.05) is 19.8 Å². The third-order valence-corrected chi connectivity index (χ3v) is 3.49. The molecule has 0 unspecified atom stereocenters. The molecule has 0 aromatic carbocycles. The molecular formula is C13H23NO4. The van der Waals surface area contributed by atoms with Crippen molar-refractivity contribution in [2.24, 2.45) is 5.92 Å². The van der Waals surface area contributed by atoms with Gasteiger partial charge in [-0.25, -0.2) is 0 Å². The van der Waals surface area contributed by atoms with Gasteiger partial charge in [0, 0.05) is 19.2 Å². The van der Waals surface area contributed by atoms with Gasteiger partial charge in [0.25, 0.3) is 0 Å². The van der Waals surface area contributed by atoms with Crippen molar-refractivity contribution < 1.29 is 19.4 Å². The Bertz CT molecular complexity index is 293. The highest BCUT2D eigenvalue weighted by atomic mass is 16.5. The zero-order valence-corrected chi connectivity index (χ0v) is 11.2. The number of rotatable bonds is 6. The number of piperidine rings is 1. The second kappa shape index (κ2) is 7.36. The highest BCUT2D eigenvalue weighted by molar-refractivity contribution is 5.79. The van der Waals surface area contributed by atoms with E-state index in [9.17, 15) is 9.59 Å². The van der Waals surface area contributed by atoms with Crippen LogP contribution in [0.25, 0.3) is 0 Å². The molecule has 1 N–H and O–H groups in total. The molecule has 1 amide bonds. The van der Waals surface area contributed by atoms with Crippen LogP contribution in [0.4, 0.5) is 0 Å². The first-order valence-corrected chi connectivity index (χ1v) is 6.68. The predicted molar refractivity (Wildman–Crippen MR) is 67.3 cm³/mol. The molecule has 5 heteroatoms. The maximum atomic E-state index is 11.9. The third kappa shape index (κ3) is 3.98. The lowest BCUT2D eigenvalue weighted by Crippen LogP contribution is -2.50. The number of amides is 1. The van der Waals surface area contributed by atoms with Crippen LogP contribution >= 0.6 is 0 Å². The van der Waals surface area contributed by atoms with Crippen LogP contribution in [0.15, 0.2) is 0 Å². The van der Waals surface area contributed by atoms with E-state index in [1.807, 2.05) is 6.92 Å². The first-order valence-electron chi connectivity index (χ1n) is 6.68. The number of likely N-dealkylation sites (tertiary alicyclic amines) is 1. The van der Waals surface area contributed by atoms with Gasteiger partial charge in [-0.1, -0.05) is 13.3 Å². The fourth-order valence-electron chi connectivity index (χ4n) is 2.31. The normalized spacial score (nSPS) is 24.0. The van der Waals surface area contributed by atoms with Crippen molar-refractivity contribution in [1.82, 2.24) is 4.90 Å². The van der Waals surface area contributed by atoms with E-state index in [0.29, 0.717) is 19.6 Å². The van der Waals surface area contributed by atoms with E-state index in [1.165, 1.54) is 0 Å². The van der Waals surface area contributed by atoms with Crippen LogP contribution < -0.4 is 0 Å². The number of ether oxygens (including phenoxy) is 1. The first kappa shape index (κ1) is 15.0. The van der Waals surface area contributed by atoms with Gasteiger partial charge in [0.2, 0.25) is 5.91 Å². The molecule has 0 bridgehead atoms.